The highest BCUT2D eigenvalue weighted by atomic mass is 32.2. The number of nitrogens with zero attached hydrogens (tertiary/aromatic N) is 1. The van der Waals surface area contributed by atoms with Crippen LogP contribution < -0.4 is 5.32 Å². The molecular weight excluding hydrogens is 276 g/mol. The molecule has 2 aromatic carbocycles. The van der Waals surface area contributed by atoms with Gasteiger partial charge in [-0.3, -0.25) is 0 Å². The van der Waals surface area contributed by atoms with E-state index in [1.807, 2.05) is 36.4 Å². The lowest BCUT2D eigenvalue weighted by molar-refractivity contribution is 0.748. The smallest absolute Gasteiger partial charge is 0.102 e. The second-order valence-electron chi connectivity index (χ2n) is 4.74. The molecule has 0 aromatic heterocycles. The zero-order chi connectivity index (χ0) is 15.1. The van der Waals surface area contributed by atoms with Gasteiger partial charge in [0.05, 0.1) is 17.3 Å². The Kier molecular flexibility index (Phi) is 5.71. The van der Waals surface area contributed by atoms with Crippen LogP contribution in [0.15, 0.2) is 53.4 Å². The highest BCUT2D eigenvalue weighted by Gasteiger charge is 2.13. The molecule has 3 heteroatoms. The summed E-state index contributed by atoms with van der Waals surface area (Å²) in [6, 6.07) is 19.0. The van der Waals surface area contributed by atoms with Crippen LogP contribution in [0.3, 0.4) is 0 Å². The van der Waals surface area contributed by atoms with Crippen LogP contribution in [0.4, 0.5) is 5.69 Å². The van der Waals surface area contributed by atoms with Gasteiger partial charge in [-0.25, -0.2) is 0 Å². The first-order valence-corrected chi connectivity index (χ1v) is 8.26. The van der Waals surface area contributed by atoms with E-state index in [1.165, 1.54) is 5.56 Å². The molecule has 0 heterocycles. The zero-order valence-electron chi connectivity index (χ0n) is 12.5. The molecule has 0 spiro atoms. The molecule has 0 saturated heterocycles. The van der Waals surface area contributed by atoms with Crippen LogP contribution in [0.2, 0.25) is 0 Å². The Labute approximate surface area is 131 Å². The lowest BCUT2D eigenvalue weighted by Gasteiger charge is -2.20. The molecular formula is C18H20N2S. The van der Waals surface area contributed by atoms with Crippen molar-refractivity contribution in [3.63, 3.8) is 0 Å². The van der Waals surface area contributed by atoms with Crippen molar-refractivity contribution in [3.8, 4) is 6.07 Å². The summed E-state index contributed by atoms with van der Waals surface area (Å²) in [4.78, 5) is 1.05. The Hall–Kier alpha value is -1.92. The lowest BCUT2D eigenvalue weighted by atomic mass is 10.0. The van der Waals surface area contributed by atoms with Gasteiger partial charge in [-0.05, 0) is 29.9 Å². The Morgan fingerprint density at radius 2 is 1.86 bits per heavy atom. The minimum absolute atomic E-state index is 0.222. The minimum Gasteiger partial charge on any atom is -0.377 e. The van der Waals surface area contributed by atoms with Gasteiger partial charge in [0.15, 0.2) is 0 Å². The third kappa shape index (κ3) is 3.80. The molecule has 2 aromatic rings. The van der Waals surface area contributed by atoms with Crippen molar-refractivity contribution < 1.29 is 0 Å². The predicted molar refractivity (Wildman–Crippen MR) is 90.7 cm³/mol. The quantitative estimate of drug-likeness (QED) is 0.741. The van der Waals surface area contributed by atoms with Crippen LogP contribution in [0.25, 0.3) is 0 Å². The first-order chi connectivity index (χ1) is 10.3. The van der Waals surface area contributed by atoms with E-state index < -0.39 is 0 Å². The summed E-state index contributed by atoms with van der Waals surface area (Å²) >= 11 is 1.71. The van der Waals surface area contributed by atoms with Gasteiger partial charge in [-0.15, -0.1) is 11.8 Å². The van der Waals surface area contributed by atoms with E-state index >= 15 is 0 Å². The van der Waals surface area contributed by atoms with E-state index in [1.54, 1.807) is 11.8 Å². The zero-order valence-corrected chi connectivity index (χ0v) is 13.3. The average molecular weight is 296 g/mol. The Bertz CT molecular complexity index is 617. The molecule has 0 radical (unpaired) electrons. The largest absolute Gasteiger partial charge is 0.377 e. The van der Waals surface area contributed by atoms with E-state index in [0.717, 1.165) is 28.3 Å². The van der Waals surface area contributed by atoms with Crippen molar-refractivity contribution in [2.75, 3.05) is 11.1 Å². The Morgan fingerprint density at radius 1 is 1.10 bits per heavy atom. The molecule has 0 aliphatic carbocycles. The maximum absolute atomic E-state index is 9.48. The number of thioether (sulfide) groups is 1. The predicted octanol–water partition coefficient (Wildman–Crippen LogP) is 5.23. The lowest BCUT2D eigenvalue weighted by Crippen LogP contribution is -2.10. The molecule has 0 fully saturated rings. The van der Waals surface area contributed by atoms with Gasteiger partial charge >= 0.3 is 0 Å². The van der Waals surface area contributed by atoms with Crippen LogP contribution >= 0.6 is 11.8 Å². The monoisotopic (exact) mass is 296 g/mol. The van der Waals surface area contributed by atoms with Crippen molar-refractivity contribution in [1.29, 1.82) is 5.26 Å². The van der Waals surface area contributed by atoms with Gasteiger partial charge < -0.3 is 5.32 Å². The fraction of sp³-hybridized carbons (Fsp3) is 0.278. The van der Waals surface area contributed by atoms with Gasteiger partial charge in [0.2, 0.25) is 0 Å². The van der Waals surface area contributed by atoms with Crippen LogP contribution in [0, 0.1) is 11.3 Å². The molecule has 0 aliphatic heterocycles. The van der Waals surface area contributed by atoms with E-state index in [9.17, 15) is 5.26 Å². The van der Waals surface area contributed by atoms with Crippen LogP contribution in [-0.4, -0.2) is 5.75 Å². The molecule has 1 N–H and O–H groups in total. The van der Waals surface area contributed by atoms with Gasteiger partial charge in [0, 0.05) is 4.90 Å². The number of rotatable bonds is 6. The molecule has 0 amide bonds. The van der Waals surface area contributed by atoms with Gasteiger partial charge in [0.25, 0.3) is 0 Å². The third-order valence-corrected chi connectivity index (χ3v) is 4.32. The van der Waals surface area contributed by atoms with Crippen molar-refractivity contribution in [3.05, 3.63) is 59.7 Å². The number of hydrogen-bond acceptors (Lipinski definition) is 3. The average Bonchev–Trinajstić information content (AvgIpc) is 2.54. The first kappa shape index (κ1) is 15.5. The third-order valence-electron chi connectivity index (χ3n) is 3.38. The van der Waals surface area contributed by atoms with Crippen molar-refractivity contribution in [2.45, 2.75) is 31.2 Å². The second kappa shape index (κ2) is 7.75. The highest BCUT2D eigenvalue weighted by Crippen LogP contribution is 2.31. The standard InChI is InChI=1S/C18H20N2S/c1-3-16(14-9-6-5-7-10-14)20-17-11-8-12-18(21-4-2)15(17)13-19/h5-12,16,20H,3-4H2,1-2H3. The van der Waals surface area contributed by atoms with Crippen LogP contribution in [0.1, 0.15) is 37.4 Å². The molecule has 1 unspecified atom stereocenters. The fourth-order valence-electron chi connectivity index (χ4n) is 2.34. The van der Waals surface area contributed by atoms with E-state index in [2.05, 4.69) is 37.4 Å². The number of hydrogen-bond donors (Lipinski definition) is 1. The Balaban J connectivity index is 2.30. The Morgan fingerprint density at radius 3 is 2.48 bits per heavy atom. The number of nitriles is 1. The summed E-state index contributed by atoms with van der Waals surface area (Å²) < 4.78 is 0. The van der Waals surface area contributed by atoms with Crippen molar-refractivity contribution in [1.82, 2.24) is 0 Å². The molecule has 1 atom stereocenters. The first-order valence-electron chi connectivity index (χ1n) is 7.27. The highest BCUT2D eigenvalue weighted by molar-refractivity contribution is 7.99. The minimum atomic E-state index is 0.222. The summed E-state index contributed by atoms with van der Waals surface area (Å²) in [5.41, 5.74) is 2.92. The summed E-state index contributed by atoms with van der Waals surface area (Å²) in [5.74, 6) is 0.966. The van der Waals surface area contributed by atoms with E-state index in [4.69, 9.17) is 0 Å². The second-order valence-corrected chi connectivity index (χ2v) is 6.05. The summed E-state index contributed by atoms with van der Waals surface area (Å²) in [6.45, 7) is 4.26. The topological polar surface area (TPSA) is 35.8 Å². The fourth-order valence-corrected chi connectivity index (χ4v) is 3.12. The molecule has 0 aliphatic rings. The number of nitrogens with one attached hydrogen (secondary N) is 1. The van der Waals surface area contributed by atoms with Gasteiger partial charge in [-0.2, -0.15) is 5.26 Å². The summed E-state index contributed by atoms with van der Waals surface area (Å²) in [6.07, 6.45) is 0.972. The van der Waals surface area contributed by atoms with Crippen LogP contribution in [-0.2, 0) is 0 Å². The van der Waals surface area contributed by atoms with Gasteiger partial charge in [0.1, 0.15) is 6.07 Å². The normalized spacial score (nSPS) is 11.7. The SMILES string of the molecule is CCSc1cccc(NC(CC)c2ccccc2)c1C#N. The van der Waals surface area contributed by atoms with Crippen molar-refractivity contribution >= 4 is 17.4 Å². The molecule has 0 saturated carbocycles. The summed E-state index contributed by atoms with van der Waals surface area (Å²) in [7, 11) is 0. The van der Waals surface area contributed by atoms with E-state index in [-0.39, 0.29) is 6.04 Å². The molecule has 21 heavy (non-hydrogen) atoms. The maximum atomic E-state index is 9.48. The molecule has 2 rings (SSSR count). The van der Waals surface area contributed by atoms with Crippen LogP contribution in [0.5, 0.6) is 0 Å². The molecule has 0 bridgehead atoms. The van der Waals surface area contributed by atoms with Gasteiger partial charge in [-0.1, -0.05) is 50.2 Å². The molecule has 2 nitrogen and oxygen atoms in total. The molecule has 108 valence electrons. The number of benzene rings is 2. The maximum Gasteiger partial charge on any atom is 0.102 e. The number of anilines is 1. The van der Waals surface area contributed by atoms with Crippen molar-refractivity contribution in [2.24, 2.45) is 0 Å². The van der Waals surface area contributed by atoms with E-state index in [0.29, 0.717) is 0 Å². The summed E-state index contributed by atoms with van der Waals surface area (Å²) in [5, 5.41) is 13.0.